The van der Waals surface area contributed by atoms with Crippen LogP contribution in [0.4, 0.5) is 13.2 Å². The largest absolute Gasteiger partial charge is 0.494 e. The van der Waals surface area contributed by atoms with Crippen LogP contribution in [0.15, 0.2) is 59.0 Å². The van der Waals surface area contributed by atoms with Gasteiger partial charge in [0.2, 0.25) is 0 Å². The second-order valence-electron chi connectivity index (χ2n) is 6.71. The molecule has 0 fully saturated rings. The van der Waals surface area contributed by atoms with Gasteiger partial charge in [0.15, 0.2) is 17.1 Å². The van der Waals surface area contributed by atoms with Crippen molar-refractivity contribution in [2.45, 2.75) is 25.3 Å². The third-order valence-corrected chi connectivity index (χ3v) is 5.35. The van der Waals surface area contributed by atoms with Gasteiger partial charge in [-0.3, -0.25) is 4.79 Å². The summed E-state index contributed by atoms with van der Waals surface area (Å²) in [7, 11) is -1.82. The number of aromatic nitrogens is 2. The third kappa shape index (κ3) is 4.15. The normalized spacial score (nSPS) is 12.9. The first-order valence-electron chi connectivity index (χ1n) is 9.38. The van der Waals surface area contributed by atoms with Gasteiger partial charge in [0, 0.05) is 5.56 Å². The molecule has 1 aromatic heterocycles. The summed E-state index contributed by atoms with van der Waals surface area (Å²) in [5.41, 5.74) is -2.15. The molecule has 0 aliphatic heterocycles. The number of benzene rings is 2. The van der Waals surface area contributed by atoms with Crippen molar-refractivity contribution in [2.75, 3.05) is 7.11 Å². The van der Waals surface area contributed by atoms with E-state index in [4.69, 9.17) is 4.74 Å². The summed E-state index contributed by atoms with van der Waals surface area (Å²) >= 11 is 0. The fraction of sp³-hybridized carbons (Fsp3) is 0.238. The standard InChI is InChI=1S/C21H18F3N3O4S/c1-3-21(20(28)26-32(29)30,14-7-5-4-6-8-14)27-17(12-16(25-27)19(23)24)13-9-10-18(31-2)15(22)11-13/h4-12,19H,3H2,1-2H3. The average molecular weight is 465 g/mol. The fourth-order valence-electron chi connectivity index (χ4n) is 3.53. The van der Waals surface area contributed by atoms with Crippen molar-refractivity contribution >= 4 is 16.4 Å². The van der Waals surface area contributed by atoms with Gasteiger partial charge in [-0.05, 0) is 36.2 Å². The number of alkyl halides is 2. The first-order chi connectivity index (χ1) is 15.2. The molecule has 3 rings (SSSR count). The van der Waals surface area contributed by atoms with Crippen molar-refractivity contribution in [3.63, 3.8) is 0 Å². The van der Waals surface area contributed by atoms with Crippen LogP contribution in [0.5, 0.6) is 5.75 Å². The number of carbonyl (C=O) groups is 1. The Morgan fingerprint density at radius 1 is 1.19 bits per heavy atom. The highest BCUT2D eigenvalue weighted by Crippen LogP contribution is 2.38. The Hall–Kier alpha value is -3.47. The van der Waals surface area contributed by atoms with E-state index >= 15 is 0 Å². The molecule has 7 nitrogen and oxygen atoms in total. The minimum absolute atomic E-state index is 0.0206. The van der Waals surface area contributed by atoms with E-state index < -0.39 is 39.9 Å². The minimum atomic E-state index is -3.09. The highest BCUT2D eigenvalue weighted by atomic mass is 32.2. The summed E-state index contributed by atoms with van der Waals surface area (Å²) in [5, 5.41) is 3.94. The molecule has 0 aliphatic carbocycles. The third-order valence-electron chi connectivity index (χ3n) is 5.04. The Balaban J connectivity index is 2.40. The highest BCUT2D eigenvalue weighted by molar-refractivity contribution is 7.62. The summed E-state index contributed by atoms with van der Waals surface area (Å²) in [5.74, 6) is -1.94. The van der Waals surface area contributed by atoms with Gasteiger partial charge in [0.05, 0.1) is 12.8 Å². The average Bonchev–Trinajstić information content (AvgIpc) is 3.21. The van der Waals surface area contributed by atoms with Gasteiger partial charge in [0.1, 0.15) is 5.69 Å². The van der Waals surface area contributed by atoms with Gasteiger partial charge < -0.3 is 4.74 Å². The van der Waals surface area contributed by atoms with Crippen LogP contribution in [0, 0.1) is 5.82 Å². The summed E-state index contributed by atoms with van der Waals surface area (Å²) in [4.78, 5) is 13.1. The van der Waals surface area contributed by atoms with Gasteiger partial charge in [-0.2, -0.15) is 13.5 Å². The first kappa shape index (κ1) is 23.2. The van der Waals surface area contributed by atoms with Crippen LogP contribution in [0.25, 0.3) is 11.3 Å². The molecule has 2 aromatic carbocycles. The monoisotopic (exact) mass is 465 g/mol. The van der Waals surface area contributed by atoms with Crippen molar-refractivity contribution in [1.82, 2.24) is 9.78 Å². The molecule has 168 valence electrons. The second kappa shape index (κ2) is 9.35. The summed E-state index contributed by atoms with van der Waals surface area (Å²) in [6.07, 6.45) is -3.07. The van der Waals surface area contributed by atoms with E-state index in [2.05, 4.69) is 9.46 Å². The van der Waals surface area contributed by atoms with Crippen molar-refractivity contribution in [3.8, 4) is 17.0 Å². The lowest BCUT2D eigenvalue weighted by atomic mass is 9.86. The lowest BCUT2D eigenvalue weighted by molar-refractivity contribution is -0.124. The second-order valence-corrected chi connectivity index (χ2v) is 7.33. The van der Waals surface area contributed by atoms with Crippen LogP contribution in [-0.2, 0) is 20.8 Å². The lowest BCUT2D eigenvalue weighted by Crippen LogP contribution is -2.43. The number of carbonyl (C=O) groups excluding carboxylic acids is 1. The number of hydrogen-bond acceptors (Lipinski definition) is 5. The molecular weight excluding hydrogens is 447 g/mol. The minimum Gasteiger partial charge on any atom is -0.494 e. The highest BCUT2D eigenvalue weighted by Gasteiger charge is 2.44. The smallest absolute Gasteiger partial charge is 0.319 e. The Morgan fingerprint density at radius 2 is 1.88 bits per heavy atom. The van der Waals surface area contributed by atoms with E-state index in [1.165, 1.54) is 31.4 Å². The molecule has 0 saturated heterocycles. The Kier molecular flexibility index (Phi) is 6.78. The molecule has 0 radical (unpaired) electrons. The molecule has 0 saturated carbocycles. The molecule has 11 heteroatoms. The molecule has 32 heavy (non-hydrogen) atoms. The number of methoxy groups -OCH3 is 1. The van der Waals surface area contributed by atoms with Crippen molar-refractivity contribution in [3.05, 3.63) is 71.7 Å². The number of hydrogen-bond donors (Lipinski definition) is 0. The van der Waals surface area contributed by atoms with Gasteiger partial charge in [-0.25, -0.2) is 17.9 Å². The van der Waals surface area contributed by atoms with Crippen LogP contribution >= 0.6 is 0 Å². The van der Waals surface area contributed by atoms with E-state index in [9.17, 15) is 26.4 Å². The molecule has 0 N–H and O–H groups in total. The van der Waals surface area contributed by atoms with Crippen molar-refractivity contribution in [1.29, 1.82) is 0 Å². The number of rotatable bonds is 7. The molecule has 1 unspecified atom stereocenters. The molecule has 0 spiro atoms. The van der Waals surface area contributed by atoms with Gasteiger partial charge in [-0.1, -0.05) is 41.6 Å². The van der Waals surface area contributed by atoms with E-state index in [1.54, 1.807) is 25.1 Å². The Morgan fingerprint density at radius 3 is 2.41 bits per heavy atom. The topological polar surface area (TPSA) is 90.6 Å². The molecular formula is C21H18F3N3O4S. The fourth-order valence-corrected chi connectivity index (χ4v) is 3.81. The number of amides is 1. The number of nitrogens with zero attached hydrogens (tertiary/aromatic N) is 3. The van der Waals surface area contributed by atoms with E-state index in [-0.39, 0.29) is 29.0 Å². The zero-order valence-electron chi connectivity index (χ0n) is 17.0. The van der Waals surface area contributed by atoms with E-state index in [1.807, 2.05) is 0 Å². The van der Waals surface area contributed by atoms with Crippen LogP contribution in [0.2, 0.25) is 0 Å². The lowest BCUT2D eigenvalue weighted by Gasteiger charge is -2.31. The predicted octanol–water partition coefficient (Wildman–Crippen LogP) is 4.38. The summed E-state index contributed by atoms with van der Waals surface area (Å²) in [6, 6.07) is 12.8. The first-order valence-corrected chi connectivity index (χ1v) is 10.4. The summed E-state index contributed by atoms with van der Waals surface area (Å²) in [6.45, 7) is 1.57. The zero-order valence-corrected chi connectivity index (χ0v) is 17.8. The molecule has 0 aliphatic rings. The molecule has 0 bridgehead atoms. The van der Waals surface area contributed by atoms with Gasteiger partial charge in [-0.15, -0.1) is 0 Å². The van der Waals surface area contributed by atoms with Crippen molar-refractivity contribution in [2.24, 2.45) is 4.36 Å². The Bertz CT molecular complexity index is 1270. The maximum absolute atomic E-state index is 14.4. The number of ether oxygens (including phenoxy) is 1. The molecule has 1 amide bonds. The maximum atomic E-state index is 14.4. The Labute approximate surface area is 183 Å². The van der Waals surface area contributed by atoms with Crippen LogP contribution in [0.1, 0.15) is 31.0 Å². The predicted molar refractivity (Wildman–Crippen MR) is 109 cm³/mol. The van der Waals surface area contributed by atoms with Crippen molar-refractivity contribution < 1.29 is 31.1 Å². The quantitative estimate of drug-likeness (QED) is 0.517. The van der Waals surface area contributed by atoms with Crippen LogP contribution < -0.4 is 4.74 Å². The number of halogens is 3. The van der Waals surface area contributed by atoms with Crippen LogP contribution in [-0.4, -0.2) is 31.2 Å². The van der Waals surface area contributed by atoms with E-state index in [0.717, 1.165) is 16.8 Å². The molecule has 1 heterocycles. The van der Waals surface area contributed by atoms with E-state index in [0.29, 0.717) is 0 Å². The SMILES string of the molecule is CCC(C(=O)N=S(=O)=O)(c1ccccc1)n1nc(C(F)F)cc1-c1ccc(OC)c(F)c1. The maximum Gasteiger partial charge on any atom is 0.319 e. The summed E-state index contributed by atoms with van der Waals surface area (Å²) < 4.78 is 73.1. The molecule has 1 atom stereocenters. The molecule has 3 aromatic rings. The van der Waals surface area contributed by atoms with Crippen LogP contribution in [0.3, 0.4) is 0 Å². The zero-order chi connectivity index (χ0) is 23.5. The van der Waals surface area contributed by atoms with Gasteiger partial charge in [0.25, 0.3) is 12.3 Å². The van der Waals surface area contributed by atoms with Gasteiger partial charge >= 0.3 is 10.5 Å².